The zero-order valence-corrected chi connectivity index (χ0v) is 18.8. The van der Waals surface area contributed by atoms with Gasteiger partial charge in [-0.2, -0.15) is 0 Å². The van der Waals surface area contributed by atoms with Crippen LogP contribution in [0.15, 0.2) is 41.8 Å². The van der Waals surface area contributed by atoms with E-state index in [9.17, 15) is 10.0 Å². The van der Waals surface area contributed by atoms with Crippen LogP contribution < -0.4 is 10.1 Å². The van der Waals surface area contributed by atoms with Crippen LogP contribution in [0.3, 0.4) is 0 Å². The number of piperidine rings is 1. The molecule has 0 aliphatic carbocycles. The zero-order valence-electron chi connectivity index (χ0n) is 18.0. The van der Waals surface area contributed by atoms with Crippen molar-refractivity contribution in [3.8, 4) is 22.8 Å². The number of thiazole rings is 1. The number of nitrogens with zero attached hydrogens (tertiary/aromatic N) is 2. The normalized spacial score (nSPS) is 15.1. The lowest BCUT2D eigenvalue weighted by Gasteiger charge is -2.35. The Kier molecular flexibility index (Phi) is 6.36. The predicted molar refractivity (Wildman–Crippen MR) is 125 cm³/mol. The van der Waals surface area contributed by atoms with Gasteiger partial charge in [0.25, 0.3) is 0 Å². The number of aromatic nitrogens is 1. The SMILES string of the molecule is Cc1ccc(Oc2cc(C)c(-c3csc(NC(=O)C4CCN([O-])CC4)n3)c(C)c2)cc1. The largest absolute Gasteiger partial charge is 0.785 e. The smallest absolute Gasteiger partial charge is 0.229 e. The number of amides is 1. The third kappa shape index (κ3) is 5.12. The first-order valence-electron chi connectivity index (χ1n) is 10.4. The van der Waals surface area contributed by atoms with Gasteiger partial charge in [0, 0.05) is 16.9 Å². The first kappa shape index (κ1) is 21.5. The van der Waals surface area contributed by atoms with Crippen LogP contribution >= 0.6 is 11.3 Å². The number of hydroxylamine groups is 2. The third-order valence-electron chi connectivity index (χ3n) is 5.58. The van der Waals surface area contributed by atoms with Crippen molar-refractivity contribution in [2.45, 2.75) is 33.6 Å². The number of hydrogen-bond acceptors (Lipinski definition) is 6. The number of nitrogens with one attached hydrogen (secondary N) is 1. The summed E-state index contributed by atoms with van der Waals surface area (Å²) < 4.78 is 6.02. The highest BCUT2D eigenvalue weighted by atomic mass is 32.1. The summed E-state index contributed by atoms with van der Waals surface area (Å²) in [6.07, 6.45) is 1.18. The van der Waals surface area contributed by atoms with Gasteiger partial charge in [-0.1, -0.05) is 17.7 Å². The first-order chi connectivity index (χ1) is 14.9. The number of rotatable bonds is 5. The molecule has 7 heteroatoms. The van der Waals surface area contributed by atoms with E-state index in [0.29, 0.717) is 31.1 Å². The molecule has 1 aromatic heterocycles. The van der Waals surface area contributed by atoms with Crippen LogP contribution in [-0.2, 0) is 4.79 Å². The van der Waals surface area contributed by atoms with Gasteiger partial charge in [0.05, 0.1) is 5.69 Å². The summed E-state index contributed by atoms with van der Waals surface area (Å²) in [4.78, 5) is 17.2. The highest BCUT2D eigenvalue weighted by molar-refractivity contribution is 7.14. The van der Waals surface area contributed by atoms with Crippen molar-refractivity contribution in [1.82, 2.24) is 10.0 Å². The van der Waals surface area contributed by atoms with Gasteiger partial charge in [-0.15, -0.1) is 11.3 Å². The van der Waals surface area contributed by atoms with Gasteiger partial charge >= 0.3 is 0 Å². The van der Waals surface area contributed by atoms with E-state index in [-0.39, 0.29) is 11.8 Å². The molecule has 1 fully saturated rings. The van der Waals surface area contributed by atoms with Crippen LogP contribution in [0.1, 0.15) is 29.5 Å². The van der Waals surface area contributed by atoms with Crippen LogP contribution in [0.2, 0.25) is 0 Å². The van der Waals surface area contributed by atoms with Crippen LogP contribution in [0.4, 0.5) is 5.13 Å². The summed E-state index contributed by atoms with van der Waals surface area (Å²) in [5, 5.41) is 17.8. The van der Waals surface area contributed by atoms with E-state index < -0.39 is 0 Å². The molecule has 1 amide bonds. The second kappa shape index (κ2) is 9.18. The number of ether oxygens (including phenoxy) is 1. The Bertz CT molecular complexity index is 1050. The maximum absolute atomic E-state index is 12.5. The zero-order chi connectivity index (χ0) is 22.0. The number of anilines is 1. The van der Waals surface area contributed by atoms with Gasteiger partial charge in [0.1, 0.15) is 11.5 Å². The van der Waals surface area contributed by atoms with Crippen LogP contribution in [0.5, 0.6) is 11.5 Å². The topological polar surface area (TPSA) is 77.5 Å². The minimum atomic E-state index is -0.126. The Balaban J connectivity index is 1.47. The van der Waals surface area contributed by atoms with Crippen LogP contribution in [0, 0.1) is 31.9 Å². The van der Waals surface area contributed by atoms with Crippen molar-refractivity contribution in [2.75, 3.05) is 18.4 Å². The number of benzene rings is 2. The number of hydrogen-bond donors (Lipinski definition) is 1. The van der Waals surface area contributed by atoms with Gasteiger partial charge in [-0.05, 0) is 82.1 Å². The van der Waals surface area contributed by atoms with E-state index in [4.69, 9.17) is 4.74 Å². The monoisotopic (exact) mass is 436 g/mol. The molecule has 31 heavy (non-hydrogen) atoms. The third-order valence-corrected chi connectivity index (χ3v) is 6.34. The van der Waals surface area contributed by atoms with E-state index in [1.165, 1.54) is 16.9 Å². The lowest BCUT2D eigenvalue weighted by Crippen LogP contribution is -2.35. The lowest BCUT2D eigenvalue weighted by atomic mass is 9.97. The molecule has 2 heterocycles. The molecule has 2 aromatic carbocycles. The fourth-order valence-electron chi connectivity index (χ4n) is 3.90. The summed E-state index contributed by atoms with van der Waals surface area (Å²) in [5.74, 6) is 1.42. The van der Waals surface area contributed by atoms with Crippen molar-refractivity contribution < 1.29 is 9.53 Å². The molecule has 0 bridgehead atoms. The van der Waals surface area contributed by atoms with Gasteiger partial charge in [-0.3, -0.25) is 4.79 Å². The molecule has 6 nitrogen and oxygen atoms in total. The fourth-order valence-corrected chi connectivity index (χ4v) is 4.60. The number of aryl methyl sites for hydroxylation is 3. The molecule has 1 saturated heterocycles. The van der Waals surface area contributed by atoms with Crippen LogP contribution in [0.25, 0.3) is 11.3 Å². The molecule has 0 spiro atoms. The van der Waals surface area contributed by atoms with Crippen molar-refractivity contribution in [3.05, 3.63) is 63.7 Å². The highest BCUT2D eigenvalue weighted by Gasteiger charge is 2.23. The van der Waals surface area contributed by atoms with E-state index in [0.717, 1.165) is 38.9 Å². The lowest BCUT2D eigenvalue weighted by molar-refractivity contribution is -0.121. The second-order valence-electron chi connectivity index (χ2n) is 8.08. The van der Waals surface area contributed by atoms with Crippen molar-refractivity contribution in [1.29, 1.82) is 0 Å². The molecule has 1 aliphatic rings. The van der Waals surface area contributed by atoms with E-state index >= 15 is 0 Å². The standard InChI is InChI=1S/C24H26N3O3S/c1-15-4-6-19(7-5-15)30-20-12-16(2)22(17(3)13-20)21-14-31-24(25-21)26-23(28)18-8-10-27(29)11-9-18/h4-7,12-14,18H,8-11H2,1-3H3,(H,25,26,28)/q-1. The van der Waals surface area contributed by atoms with E-state index in [2.05, 4.69) is 10.3 Å². The Morgan fingerprint density at radius 3 is 2.39 bits per heavy atom. The Labute approximate surface area is 186 Å². The van der Waals surface area contributed by atoms with Crippen molar-refractivity contribution >= 4 is 22.4 Å². The summed E-state index contributed by atoms with van der Waals surface area (Å²) in [6.45, 7) is 6.96. The van der Waals surface area contributed by atoms with Crippen LogP contribution in [-0.4, -0.2) is 29.0 Å². The molecule has 1 aliphatic heterocycles. The summed E-state index contributed by atoms with van der Waals surface area (Å²) in [5.41, 5.74) is 5.21. The molecule has 0 radical (unpaired) electrons. The Morgan fingerprint density at radius 1 is 1.10 bits per heavy atom. The van der Waals surface area contributed by atoms with Crippen molar-refractivity contribution in [2.24, 2.45) is 5.92 Å². The van der Waals surface area contributed by atoms with Gasteiger partial charge in [0.2, 0.25) is 5.91 Å². The Morgan fingerprint density at radius 2 is 1.74 bits per heavy atom. The van der Waals surface area contributed by atoms with E-state index in [1.807, 2.05) is 62.5 Å². The molecular weight excluding hydrogens is 410 g/mol. The second-order valence-corrected chi connectivity index (χ2v) is 8.94. The highest BCUT2D eigenvalue weighted by Crippen LogP contribution is 2.34. The minimum absolute atomic E-state index is 0.0516. The fraction of sp³-hybridized carbons (Fsp3) is 0.333. The average Bonchev–Trinajstić information content (AvgIpc) is 3.17. The molecule has 0 atom stereocenters. The first-order valence-corrected chi connectivity index (χ1v) is 11.3. The molecule has 3 aromatic rings. The molecule has 162 valence electrons. The predicted octanol–water partition coefficient (Wildman–Crippen LogP) is 5.68. The van der Waals surface area contributed by atoms with Gasteiger partial charge in [-0.25, -0.2) is 4.98 Å². The Hall–Kier alpha value is -2.74. The number of carbonyl (C=O) groups excluding carboxylic acids is 1. The molecule has 4 rings (SSSR count). The quantitative estimate of drug-likeness (QED) is 0.557. The van der Waals surface area contributed by atoms with E-state index in [1.54, 1.807) is 0 Å². The van der Waals surface area contributed by atoms with Gasteiger partial charge in [0.15, 0.2) is 5.13 Å². The summed E-state index contributed by atoms with van der Waals surface area (Å²) in [6, 6.07) is 12.0. The molecule has 1 N–H and O–H groups in total. The average molecular weight is 437 g/mol. The molecular formula is C24H26N3O3S-. The number of carbonyl (C=O) groups is 1. The summed E-state index contributed by atoms with van der Waals surface area (Å²) in [7, 11) is 0. The summed E-state index contributed by atoms with van der Waals surface area (Å²) >= 11 is 1.42. The maximum atomic E-state index is 12.5. The maximum Gasteiger partial charge on any atom is 0.229 e. The van der Waals surface area contributed by atoms with Gasteiger partial charge < -0.3 is 20.3 Å². The minimum Gasteiger partial charge on any atom is -0.785 e. The molecule has 0 unspecified atom stereocenters. The molecule has 0 saturated carbocycles. The van der Waals surface area contributed by atoms with Crippen molar-refractivity contribution in [3.63, 3.8) is 0 Å².